The summed E-state index contributed by atoms with van der Waals surface area (Å²) >= 11 is 0. The second-order valence-electron chi connectivity index (χ2n) is 12.9. The summed E-state index contributed by atoms with van der Waals surface area (Å²) in [6, 6.07) is 3.49. The lowest BCUT2D eigenvalue weighted by atomic mass is 9.75. The van der Waals surface area contributed by atoms with Gasteiger partial charge in [-0.15, -0.1) is 0 Å². The SMILES string of the molecule is CCc1nn(-c2cc(F)c(C(N)O)c(N[C@H]3CCCC[C@@H]3NCC(C)(C)C)c2)c2c1C(=O)CC(C)(C)C2. The molecule has 1 aromatic heterocycles. The predicted molar refractivity (Wildman–Crippen MR) is 146 cm³/mol. The normalized spacial score (nSPS) is 22.6. The van der Waals surface area contributed by atoms with Gasteiger partial charge < -0.3 is 21.5 Å². The molecule has 0 saturated heterocycles. The minimum atomic E-state index is -1.46. The summed E-state index contributed by atoms with van der Waals surface area (Å²) in [4.78, 5) is 13.0. The van der Waals surface area contributed by atoms with Gasteiger partial charge in [0.05, 0.1) is 28.2 Å². The molecule has 1 fully saturated rings. The van der Waals surface area contributed by atoms with Gasteiger partial charge >= 0.3 is 0 Å². The molecule has 0 amide bonds. The highest BCUT2D eigenvalue weighted by Crippen LogP contribution is 2.38. The number of nitrogens with two attached hydrogens (primary N) is 1. The molecule has 5 N–H and O–H groups in total. The first kappa shape index (κ1) is 27.7. The number of carbonyl (C=O) groups is 1. The number of Topliss-reactive ketones (excluding diaryl/α,β-unsaturated/α-hetero) is 1. The van der Waals surface area contributed by atoms with Crippen LogP contribution < -0.4 is 16.4 Å². The van der Waals surface area contributed by atoms with Crippen molar-refractivity contribution in [3.05, 3.63) is 40.5 Å². The maximum Gasteiger partial charge on any atom is 0.167 e. The largest absolute Gasteiger partial charge is 0.380 e. The number of rotatable bonds is 7. The Kier molecular flexibility index (Phi) is 7.84. The van der Waals surface area contributed by atoms with E-state index in [0.29, 0.717) is 36.2 Å². The maximum absolute atomic E-state index is 15.5. The average Bonchev–Trinajstić information content (AvgIpc) is 3.15. The first-order valence-electron chi connectivity index (χ1n) is 13.7. The summed E-state index contributed by atoms with van der Waals surface area (Å²) in [5, 5.41) is 22.3. The predicted octanol–water partition coefficient (Wildman–Crippen LogP) is 5.04. The molecule has 1 unspecified atom stereocenters. The number of hydrogen-bond donors (Lipinski definition) is 4. The highest BCUT2D eigenvalue weighted by atomic mass is 19.1. The van der Waals surface area contributed by atoms with Gasteiger partial charge in [0.1, 0.15) is 12.0 Å². The fourth-order valence-corrected chi connectivity index (χ4v) is 5.82. The van der Waals surface area contributed by atoms with Crippen molar-refractivity contribution in [2.45, 2.75) is 105 Å². The topological polar surface area (TPSA) is 105 Å². The molecule has 0 aliphatic heterocycles. The van der Waals surface area contributed by atoms with Crippen LogP contribution in [0.1, 0.15) is 107 Å². The highest BCUT2D eigenvalue weighted by Gasteiger charge is 2.37. The zero-order valence-electron chi connectivity index (χ0n) is 23.2. The van der Waals surface area contributed by atoms with E-state index in [1.54, 1.807) is 4.68 Å². The van der Waals surface area contributed by atoms with Gasteiger partial charge in [-0.3, -0.25) is 4.79 Å². The Morgan fingerprint density at radius 1 is 1.22 bits per heavy atom. The molecule has 204 valence electrons. The van der Waals surface area contributed by atoms with Crippen molar-refractivity contribution in [2.75, 3.05) is 11.9 Å². The molecule has 2 aliphatic carbocycles. The Balaban J connectivity index is 1.75. The van der Waals surface area contributed by atoms with E-state index >= 15 is 4.39 Å². The van der Waals surface area contributed by atoms with Crippen molar-refractivity contribution in [1.29, 1.82) is 0 Å². The van der Waals surface area contributed by atoms with Gasteiger partial charge in [-0.2, -0.15) is 5.10 Å². The smallest absolute Gasteiger partial charge is 0.167 e. The fraction of sp³-hybridized carbons (Fsp3) is 0.655. The number of nitrogens with one attached hydrogen (secondary N) is 2. The van der Waals surface area contributed by atoms with Crippen LogP contribution in [0.25, 0.3) is 5.69 Å². The fourth-order valence-electron chi connectivity index (χ4n) is 5.82. The van der Waals surface area contributed by atoms with Crippen LogP contribution in [0.15, 0.2) is 12.1 Å². The van der Waals surface area contributed by atoms with Crippen LogP contribution in [0.2, 0.25) is 0 Å². The lowest BCUT2D eigenvalue weighted by Crippen LogP contribution is -2.48. The van der Waals surface area contributed by atoms with Crippen molar-refractivity contribution >= 4 is 11.5 Å². The van der Waals surface area contributed by atoms with Crippen LogP contribution in [0.3, 0.4) is 0 Å². The molecule has 0 radical (unpaired) electrons. The van der Waals surface area contributed by atoms with E-state index in [1.807, 2.05) is 13.0 Å². The van der Waals surface area contributed by atoms with Gasteiger partial charge in [-0.05, 0) is 42.6 Å². The molecule has 2 aliphatic rings. The average molecular weight is 514 g/mol. The Labute approximate surface area is 220 Å². The molecule has 8 heteroatoms. The molecule has 0 bridgehead atoms. The van der Waals surface area contributed by atoms with Crippen LogP contribution in [0, 0.1) is 16.6 Å². The van der Waals surface area contributed by atoms with Crippen LogP contribution in [0.4, 0.5) is 10.1 Å². The number of ketones is 1. The van der Waals surface area contributed by atoms with Gasteiger partial charge in [0, 0.05) is 36.8 Å². The summed E-state index contributed by atoms with van der Waals surface area (Å²) in [5.41, 5.74) is 9.09. The van der Waals surface area contributed by atoms with E-state index in [0.717, 1.165) is 43.6 Å². The molecule has 7 nitrogen and oxygen atoms in total. The number of carbonyl (C=O) groups excluding carboxylic acids is 1. The zero-order chi connectivity index (χ0) is 27.1. The quantitative estimate of drug-likeness (QED) is 0.387. The third-order valence-corrected chi connectivity index (χ3v) is 7.61. The number of aryl methyl sites for hydroxylation is 1. The van der Waals surface area contributed by atoms with Gasteiger partial charge in [-0.25, -0.2) is 9.07 Å². The van der Waals surface area contributed by atoms with E-state index in [9.17, 15) is 9.90 Å². The molecule has 1 saturated carbocycles. The van der Waals surface area contributed by atoms with Crippen LogP contribution in [-0.4, -0.2) is 39.3 Å². The van der Waals surface area contributed by atoms with Crippen LogP contribution in [-0.2, 0) is 12.8 Å². The lowest BCUT2D eigenvalue weighted by Gasteiger charge is -2.36. The summed E-state index contributed by atoms with van der Waals surface area (Å²) < 4.78 is 17.3. The second kappa shape index (κ2) is 10.5. The number of aliphatic hydroxyl groups excluding tert-OH is 1. The molecule has 4 rings (SSSR count). The summed E-state index contributed by atoms with van der Waals surface area (Å²) in [6.07, 6.45) is 4.50. The van der Waals surface area contributed by atoms with Crippen molar-refractivity contribution in [3.63, 3.8) is 0 Å². The number of nitrogens with zero attached hydrogens (tertiary/aromatic N) is 2. The number of fused-ring (bicyclic) bond motifs is 1. The van der Waals surface area contributed by atoms with E-state index < -0.39 is 12.0 Å². The van der Waals surface area contributed by atoms with Gasteiger partial charge in [0.2, 0.25) is 0 Å². The lowest BCUT2D eigenvalue weighted by molar-refractivity contribution is 0.0910. The number of benzene rings is 1. The third-order valence-electron chi connectivity index (χ3n) is 7.61. The number of halogens is 1. The molecule has 0 spiro atoms. The summed E-state index contributed by atoms with van der Waals surface area (Å²) in [7, 11) is 0. The third kappa shape index (κ3) is 6.07. The minimum Gasteiger partial charge on any atom is -0.380 e. The van der Waals surface area contributed by atoms with Crippen LogP contribution >= 0.6 is 0 Å². The zero-order valence-corrected chi connectivity index (χ0v) is 23.2. The molecular formula is C29H44FN5O2. The van der Waals surface area contributed by atoms with E-state index in [1.165, 1.54) is 6.07 Å². The van der Waals surface area contributed by atoms with Crippen LogP contribution in [0.5, 0.6) is 0 Å². The molecule has 2 aromatic rings. The number of hydrogen-bond acceptors (Lipinski definition) is 6. The summed E-state index contributed by atoms with van der Waals surface area (Å²) in [6.45, 7) is 13.6. The summed E-state index contributed by atoms with van der Waals surface area (Å²) in [5.74, 6) is -0.495. The second-order valence-corrected chi connectivity index (χ2v) is 12.9. The Bertz CT molecular complexity index is 1150. The Hall–Kier alpha value is -2.29. The monoisotopic (exact) mass is 513 g/mol. The van der Waals surface area contributed by atoms with Gasteiger partial charge in [0.15, 0.2) is 5.78 Å². The van der Waals surface area contributed by atoms with Crippen molar-refractivity contribution in [3.8, 4) is 5.69 Å². The highest BCUT2D eigenvalue weighted by molar-refractivity contribution is 6.00. The van der Waals surface area contributed by atoms with E-state index in [4.69, 9.17) is 10.8 Å². The van der Waals surface area contributed by atoms with Gasteiger partial charge in [-0.1, -0.05) is 54.4 Å². The van der Waals surface area contributed by atoms with Crippen molar-refractivity contribution < 1.29 is 14.3 Å². The number of aliphatic hydroxyl groups is 1. The van der Waals surface area contributed by atoms with Gasteiger partial charge in [0.25, 0.3) is 0 Å². The maximum atomic E-state index is 15.5. The van der Waals surface area contributed by atoms with Crippen molar-refractivity contribution in [2.24, 2.45) is 16.6 Å². The molecule has 1 aromatic carbocycles. The molecular weight excluding hydrogens is 469 g/mol. The first-order chi connectivity index (χ1) is 17.3. The Morgan fingerprint density at radius 3 is 2.51 bits per heavy atom. The Morgan fingerprint density at radius 2 is 1.89 bits per heavy atom. The minimum absolute atomic E-state index is 0.0528. The number of anilines is 1. The van der Waals surface area contributed by atoms with E-state index in [2.05, 4.69) is 45.3 Å². The molecule has 37 heavy (non-hydrogen) atoms. The molecule has 3 atom stereocenters. The molecule has 1 heterocycles. The first-order valence-corrected chi connectivity index (χ1v) is 13.7. The number of aromatic nitrogens is 2. The van der Waals surface area contributed by atoms with Crippen molar-refractivity contribution in [1.82, 2.24) is 15.1 Å². The standard InChI is InChI=1S/C29H44FN5O2/c1-7-19-26-23(14-29(5,6)15-24(26)36)35(34-19)17-12-18(30)25(27(31)37)22(13-17)33-21-11-9-8-10-20(21)32-16-28(2,3)4/h12-13,20-21,27,32-33,37H,7-11,14-16,31H2,1-6H3/t20-,21-,27?/m0/s1. The van der Waals surface area contributed by atoms with E-state index in [-0.39, 0.29) is 34.3 Å².